The number of rotatable bonds is 5. The van der Waals surface area contributed by atoms with E-state index in [1.54, 1.807) is 13.8 Å². The topological polar surface area (TPSA) is 57.5 Å². The lowest BCUT2D eigenvalue weighted by Gasteiger charge is -2.23. The van der Waals surface area contributed by atoms with Crippen molar-refractivity contribution in [2.24, 2.45) is 5.41 Å². The molecule has 2 rings (SSSR count). The molecule has 0 radical (unpaired) electrons. The first-order chi connectivity index (χ1) is 9.90. The zero-order chi connectivity index (χ0) is 15.5. The summed E-state index contributed by atoms with van der Waals surface area (Å²) in [5.74, 6) is -0.901. The third kappa shape index (κ3) is 3.70. The van der Waals surface area contributed by atoms with Gasteiger partial charge in [-0.2, -0.15) is 0 Å². The first-order valence-corrected chi connectivity index (χ1v) is 6.97. The van der Waals surface area contributed by atoms with E-state index in [2.05, 4.69) is 0 Å². The molecule has 110 valence electrons. The number of carbonyl (C=O) groups is 1. The largest absolute Gasteiger partial charge is 0.481 e. The van der Waals surface area contributed by atoms with Gasteiger partial charge in [-0.15, -0.1) is 0 Å². The number of aliphatic hydroxyl groups excluding tert-OH is 1. The average molecular weight is 284 g/mol. The fraction of sp³-hybridized carbons (Fsp3) is 0.278. The van der Waals surface area contributed by atoms with Crippen molar-refractivity contribution in [3.63, 3.8) is 0 Å². The van der Waals surface area contributed by atoms with Gasteiger partial charge in [-0.3, -0.25) is 4.79 Å². The van der Waals surface area contributed by atoms with Crippen molar-refractivity contribution in [2.45, 2.75) is 26.4 Å². The quantitative estimate of drug-likeness (QED) is 0.875. The second-order valence-corrected chi connectivity index (χ2v) is 5.90. The zero-order valence-electron chi connectivity index (χ0n) is 12.3. The number of carboxylic acids is 1. The number of carboxylic acid groups (broad SMARTS) is 1. The molecule has 0 heterocycles. The van der Waals surface area contributed by atoms with Crippen LogP contribution in [0.1, 0.15) is 31.9 Å². The van der Waals surface area contributed by atoms with E-state index in [4.69, 9.17) is 5.11 Å². The van der Waals surface area contributed by atoms with Crippen molar-refractivity contribution >= 4 is 5.97 Å². The molecule has 0 aliphatic heterocycles. The molecular weight excluding hydrogens is 264 g/mol. The van der Waals surface area contributed by atoms with Gasteiger partial charge in [0.05, 0.1) is 11.5 Å². The molecule has 3 heteroatoms. The van der Waals surface area contributed by atoms with E-state index in [1.807, 2.05) is 54.6 Å². The number of aliphatic hydroxyl groups is 1. The maximum atomic E-state index is 11.1. The molecule has 1 unspecified atom stereocenters. The standard InChI is InChI=1S/C18H20O3/c1-18(2,17(20)21)12-16(19)15-10-8-14(9-11-15)13-6-4-3-5-7-13/h3-11,16,19H,12H2,1-2H3,(H,20,21). The van der Waals surface area contributed by atoms with Gasteiger partial charge in [0.25, 0.3) is 0 Å². The van der Waals surface area contributed by atoms with E-state index in [0.29, 0.717) is 0 Å². The van der Waals surface area contributed by atoms with Crippen molar-refractivity contribution in [3.05, 3.63) is 60.2 Å². The van der Waals surface area contributed by atoms with E-state index in [9.17, 15) is 9.90 Å². The summed E-state index contributed by atoms with van der Waals surface area (Å²) in [5.41, 5.74) is 1.98. The Morgan fingerprint density at radius 1 is 1.00 bits per heavy atom. The van der Waals surface area contributed by atoms with Gasteiger partial charge < -0.3 is 10.2 Å². The molecule has 0 bridgehead atoms. The third-order valence-electron chi connectivity index (χ3n) is 3.69. The Morgan fingerprint density at radius 2 is 1.52 bits per heavy atom. The highest BCUT2D eigenvalue weighted by Gasteiger charge is 2.30. The van der Waals surface area contributed by atoms with Gasteiger partial charge in [-0.05, 0) is 37.0 Å². The Kier molecular flexibility index (Phi) is 4.43. The van der Waals surface area contributed by atoms with Crippen molar-refractivity contribution in [1.82, 2.24) is 0 Å². The van der Waals surface area contributed by atoms with Gasteiger partial charge in [-0.1, -0.05) is 54.6 Å². The Labute approximate surface area is 124 Å². The highest BCUT2D eigenvalue weighted by atomic mass is 16.4. The summed E-state index contributed by atoms with van der Waals surface area (Å²) in [6, 6.07) is 17.6. The second-order valence-electron chi connectivity index (χ2n) is 5.90. The van der Waals surface area contributed by atoms with Crippen LogP contribution in [0.5, 0.6) is 0 Å². The smallest absolute Gasteiger partial charge is 0.309 e. The van der Waals surface area contributed by atoms with Crippen LogP contribution in [0.2, 0.25) is 0 Å². The number of hydrogen-bond donors (Lipinski definition) is 2. The Balaban J connectivity index is 2.14. The van der Waals surface area contributed by atoms with Gasteiger partial charge in [-0.25, -0.2) is 0 Å². The monoisotopic (exact) mass is 284 g/mol. The van der Waals surface area contributed by atoms with E-state index in [0.717, 1.165) is 16.7 Å². The van der Waals surface area contributed by atoms with Gasteiger partial charge >= 0.3 is 5.97 Å². The average Bonchev–Trinajstić information content (AvgIpc) is 2.48. The molecule has 2 N–H and O–H groups in total. The van der Waals surface area contributed by atoms with Crippen LogP contribution in [0, 0.1) is 5.41 Å². The van der Waals surface area contributed by atoms with Crippen LogP contribution in [0.3, 0.4) is 0 Å². The lowest BCUT2D eigenvalue weighted by Crippen LogP contribution is -2.26. The molecule has 3 nitrogen and oxygen atoms in total. The van der Waals surface area contributed by atoms with Crippen molar-refractivity contribution in [1.29, 1.82) is 0 Å². The third-order valence-corrected chi connectivity index (χ3v) is 3.69. The summed E-state index contributed by atoms with van der Waals surface area (Å²) in [6.45, 7) is 3.24. The SMILES string of the molecule is CC(C)(CC(O)c1ccc(-c2ccccc2)cc1)C(=O)O. The highest BCUT2D eigenvalue weighted by Crippen LogP contribution is 2.31. The summed E-state index contributed by atoms with van der Waals surface area (Å²) < 4.78 is 0. The van der Waals surface area contributed by atoms with Crippen LogP contribution >= 0.6 is 0 Å². The van der Waals surface area contributed by atoms with Gasteiger partial charge in [0, 0.05) is 0 Å². The van der Waals surface area contributed by atoms with Crippen LogP contribution in [-0.4, -0.2) is 16.2 Å². The van der Waals surface area contributed by atoms with Gasteiger partial charge in [0.15, 0.2) is 0 Å². The Hall–Kier alpha value is -2.13. The lowest BCUT2D eigenvalue weighted by molar-refractivity contribution is -0.148. The first-order valence-electron chi connectivity index (χ1n) is 6.97. The minimum atomic E-state index is -0.947. The van der Waals surface area contributed by atoms with Gasteiger partial charge in [0.1, 0.15) is 0 Å². The minimum absolute atomic E-state index is 0.188. The first kappa shape index (κ1) is 15.3. The van der Waals surface area contributed by atoms with Crippen LogP contribution < -0.4 is 0 Å². The van der Waals surface area contributed by atoms with E-state index in [1.165, 1.54) is 0 Å². The predicted octanol–water partition coefficient (Wildman–Crippen LogP) is 3.89. The Bertz CT molecular complexity index is 600. The van der Waals surface area contributed by atoms with E-state index >= 15 is 0 Å². The molecule has 0 saturated carbocycles. The van der Waals surface area contributed by atoms with Crippen LogP contribution in [0.15, 0.2) is 54.6 Å². The second kappa shape index (κ2) is 6.10. The lowest BCUT2D eigenvalue weighted by atomic mass is 9.84. The van der Waals surface area contributed by atoms with Crippen LogP contribution in [0.25, 0.3) is 11.1 Å². The molecular formula is C18H20O3. The van der Waals surface area contributed by atoms with E-state index < -0.39 is 17.5 Å². The molecule has 0 amide bonds. The van der Waals surface area contributed by atoms with Crippen molar-refractivity contribution < 1.29 is 15.0 Å². The molecule has 0 aromatic heterocycles. The molecule has 1 atom stereocenters. The summed E-state index contributed by atoms with van der Waals surface area (Å²) in [4.78, 5) is 11.1. The number of aliphatic carboxylic acids is 1. The molecule has 0 saturated heterocycles. The molecule has 0 fully saturated rings. The molecule has 2 aromatic rings. The molecule has 21 heavy (non-hydrogen) atoms. The minimum Gasteiger partial charge on any atom is -0.481 e. The normalized spacial score (nSPS) is 12.9. The fourth-order valence-corrected chi connectivity index (χ4v) is 2.22. The highest BCUT2D eigenvalue weighted by molar-refractivity contribution is 5.73. The molecule has 2 aromatic carbocycles. The van der Waals surface area contributed by atoms with Gasteiger partial charge in [0.2, 0.25) is 0 Å². The molecule has 0 aliphatic rings. The number of hydrogen-bond acceptors (Lipinski definition) is 2. The summed E-state index contributed by atoms with van der Waals surface area (Å²) in [5, 5.41) is 19.3. The van der Waals surface area contributed by atoms with Crippen LogP contribution in [-0.2, 0) is 4.79 Å². The summed E-state index contributed by atoms with van der Waals surface area (Å²) in [7, 11) is 0. The number of benzene rings is 2. The summed E-state index contributed by atoms with van der Waals surface area (Å²) >= 11 is 0. The maximum Gasteiger partial charge on any atom is 0.309 e. The zero-order valence-corrected chi connectivity index (χ0v) is 12.3. The maximum absolute atomic E-state index is 11.1. The van der Waals surface area contributed by atoms with Crippen LogP contribution in [0.4, 0.5) is 0 Å². The van der Waals surface area contributed by atoms with E-state index in [-0.39, 0.29) is 6.42 Å². The van der Waals surface area contributed by atoms with Crippen molar-refractivity contribution in [2.75, 3.05) is 0 Å². The molecule has 0 spiro atoms. The molecule has 0 aliphatic carbocycles. The Morgan fingerprint density at radius 3 is 2.05 bits per heavy atom. The summed E-state index contributed by atoms with van der Waals surface area (Å²) in [6.07, 6.45) is -0.589. The van der Waals surface area contributed by atoms with Crippen molar-refractivity contribution in [3.8, 4) is 11.1 Å². The fourth-order valence-electron chi connectivity index (χ4n) is 2.22. The predicted molar refractivity (Wildman–Crippen MR) is 82.9 cm³/mol.